The van der Waals surface area contributed by atoms with Crippen LogP contribution in [0.1, 0.15) is 23.2 Å². The van der Waals surface area contributed by atoms with Crippen molar-refractivity contribution in [2.24, 2.45) is 0 Å². The zero-order chi connectivity index (χ0) is 25.6. The Balaban J connectivity index is 1.80. The summed E-state index contributed by atoms with van der Waals surface area (Å²) in [4.78, 5) is 36.1. The fourth-order valence-corrected chi connectivity index (χ4v) is 4.44. The zero-order valence-corrected chi connectivity index (χ0v) is 20.0. The second-order valence-corrected chi connectivity index (χ2v) is 9.73. The number of rotatable bonds is 10. The number of carbonyl (C=O) groups is 2. The fourth-order valence-electron chi connectivity index (χ4n) is 3.59. The molecule has 1 heterocycles. The SMILES string of the molecule is COc1ccc([N+](=O)[O-])cc1N(CC(=O)Nc1ccccc1C(=O)NC[C@@H]1CCCO1)S(C)(=O)=O. The van der Waals surface area contributed by atoms with Crippen LogP contribution in [0.2, 0.25) is 0 Å². The third-order valence-electron chi connectivity index (χ3n) is 5.29. The lowest BCUT2D eigenvalue weighted by Gasteiger charge is -2.23. The van der Waals surface area contributed by atoms with Crippen molar-refractivity contribution in [2.75, 3.05) is 42.7 Å². The van der Waals surface area contributed by atoms with Crippen molar-refractivity contribution in [3.05, 3.63) is 58.1 Å². The third-order valence-corrected chi connectivity index (χ3v) is 6.42. The van der Waals surface area contributed by atoms with Gasteiger partial charge in [-0.1, -0.05) is 12.1 Å². The van der Waals surface area contributed by atoms with Crippen LogP contribution in [-0.4, -0.2) is 64.3 Å². The molecule has 1 saturated heterocycles. The van der Waals surface area contributed by atoms with Crippen LogP contribution in [0.4, 0.5) is 17.1 Å². The minimum atomic E-state index is -4.05. The molecule has 0 bridgehead atoms. The number of sulfonamides is 1. The van der Waals surface area contributed by atoms with E-state index in [1.807, 2.05) is 0 Å². The Kier molecular flexibility index (Phi) is 8.25. The van der Waals surface area contributed by atoms with Gasteiger partial charge in [0, 0.05) is 25.3 Å². The smallest absolute Gasteiger partial charge is 0.271 e. The highest BCUT2D eigenvalue weighted by Gasteiger charge is 2.27. The topological polar surface area (TPSA) is 157 Å². The minimum Gasteiger partial charge on any atom is -0.495 e. The Labute approximate surface area is 202 Å². The summed E-state index contributed by atoms with van der Waals surface area (Å²) in [6, 6.07) is 9.71. The van der Waals surface area contributed by atoms with E-state index in [4.69, 9.17) is 9.47 Å². The number of nitrogens with one attached hydrogen (secondary N) is 2. The van der Waals surface area contributed by atoms with Gasteiger partial charge in [0.05, 0.1) is 35.6 Å². The van der Waals surface area contributed by atoms with Gasteiger partial charge >= 0.3 is 0 Å². The molecule has 0 radical (unpaired) electrons. The number of nitro groups is 1. The van der Waals surface area contributed by atoms with Crippen LogP contribution in [0.25, 0.3) is 0 Å². The number of benzene rings is 2. The molecule has 13 heteroatoms. The first-order valence-electron chi connectivity index (χ1n) is 10.7. The van der Waals surface area contributed by atoms with Crippen LogP contribution in [0.5, 0.6) is 5.75 Å². The highest BCUT2D eigenvalue weighted by molar-refractivity contribution is 7.92. The normalized spacial score (nSPS) is 15.3. The molecule has 2 aromatic rings. The molecule has 0 unspecified atom stereocenters. The molecular formula is C22H26N4O8S. The summed E-state index contributed by atoms with van der Waals surface area (Å²) >= 11 is 0. The van der Waals surface area contributed by atoms with Crippen molar-refractivity contribution in [1.29, 1.82) is 0 Å². The predicted octanol–water partition coefficient (Wildman–Crippen LogP) is 1.92. The molecule has 0 saturated carbocycles. The van der Waals surface area contributed by atoms with Gasteiger partial charge in [0.25, 0.3) is 11.6 Å². The molecule has 1 atom stereocenters. The second-order valence-electron chi connectivity index (χ2n) is 7.82. The lowest BCUT2D eigenvalue weighted by atomic mass is 10.1. The van der Waals surface area contributed by atoms with Crippen LogP contribution in [-0.2, 0) is 19.6 Å². The molecule has 2 aromatic carbocycles. The summed E-state index contributed by atoms with van der Waals surface area (Å²) in [5.74, 6) is -1.15. The molecular weight excluding hydrogens is 480 g/mol. The van der Waals surface area contributed by atoms with E-state index in [0.717, 1.165) is 31.2 Å². The van der Waals surface area contributed by atoms with Gasteiger partial charge in [-0.15, -0.1) is 0 Å². The van der Waals surface area contributed by atoms with E-state index in [-0.39, 0.29) is 34.5 Å². The Morgan fingerprint density at radius 2 is 2.00 bits per heavy atom. The highest BCUT2D eigenvalue weighted by atomic mass is 32.2. The van der Waals surface area contributed by atoms with Gasteiger partial charge < -0.3 is 20.1 Å². The highest BCUT2D eigenvalue weighted by Crippen LogP contribution is 2.33. The van der Waals surface area contributed by atoms with Gasteiger partial charge in [0.2, 0.25) is 15.9 Å². The maximum absolute atomic E-state index is 12.9. The minimum absolute atomic E-state index is 0.0303. The fraction of sp³-hybridized carbons (Fsp3) is 0.364. The standard InChI is InChI=1S/C22H26N4O8S/c1-33-20-10-9-15(26(29)30)12-19(20)25(35(2,31)32)14-21(27)24-18-8-4-3-7-17(18)22(28)23-13-16-6-5-11-34-16/h3-4,7-10,12,16H,5-6,11,13-14H2,1-2H3,(H,23,28)(H,24,27)/t16-/m0/s1. The number of hydrogen-bond donors (Lipinski definition) is 2. The molecule has 188 valence electrons. The van der Waals surface area contributed by atoms with Crippen LogP contribution in [0, 0.1) is 10.1 Å². The van der Waals surface area contributed by atoms with Crippen molar-refractivity contribution in [3.8, 4) is 5.75 Å². The number of non-ortho nitro benzene ring substituents is 1. The summed E-state index contributed by atoms with van der Waals surface area (Å²) in [5, 5.41) is 16.5. The number of nitrogens with zero attached hydrogens (tertiary/aromatic N) is 2. The van der Waals surface area contributed by atoms with Crippen molar-refractivity contribution >= 4 is 38.9 Å². The van der Waals surface area contributed by atoms with Gasteiger partial charge in [-0.2, -0.15) is 0 Å². The van der Waals surface area contributed by atoms with Crippen molar-refractivity contribution in [3.63, 3.8) is 0 Å². The van der Waals surface area contributed by atoms with Crippen molar-refractivity contribution in [1.82, 2.24) is 5.32 Å². The molecule has 0 aromatic heterocycles. The lowest BCUT2D eigenvalue weighted by Crippen LogP contribution is -2.38. The number of hydrogen-bond acceptors (Lipinski definition) is 8. The number of anilines is 2. The Hall–Kier alpha value is -3.71. The monoisotopic (exact) mass is 506 g/mol. The first-order valence-corrected chi connectivity index (χ1v) is 12.5. The van der Waals surface area contributed by atoms with Gasteiger partial charge in [0.1, 0.15) is 18.0 Å². The summed E-state index contributed by atoms with van der Waals surface area (Å²) < 4.78 is 36.3. The van der Waals surface area contributed by atoms with Gasteiger partial charge in [-0.05, 0) is 31.0 Å². The number of ether oxygens (including phenoxy) is 2. The van der Waals surface area contributed by atoms with E-state index >= 15 is 0 Å². The summed E-state index contributed by atoms with van der Waals surface area (Å²) in [7, 11) is -2.77. The number of methoxy groups -OCH3 is 1. The van der Waals surface area contributed by atoms with Crippen molar-refractivity contribution < 1.29 is 32.4 Å². The Morgan fingerprint density at radius 3 is 2.63 bits per heavy atom. The average molecular weight is 507 g/mol. The molecule has 1 aliphatic heterocycles. The average Bonchev–Trinajstić information content (AvgIpc) is 3.34. The first-order chi connectivity index (χ1) is 16.6. The van der Waals surface area contributed by atoms with E-state index in [1.54, 1.807) is 12.1 Å². The van der Waals surface area contributed by atoms with E-state index in [0.29, 0.717) is 17.5 Å². The number of amides is 2. The molecule has 35 heavy (non-hydrogen) atoms. The zero-order valence-electron chi connectivity index (χ0n) is 19.2. The Bertz CT molecular complexity index is 1210. The second kappa shape index (κ2) is 11.1. The van der Waals surface area contributed by atoms with E-state index in [9.17, 15) is 28.1 Å². The first kappa shape index (κ1) is 25.9. The van der Waals surface area contributed by atoms with Crippen LogP contribution in [0.15, 0.2) is 42.5 Å². The lowest BCUT2D eigenvalue weighted by molar-refractivity contribution is -0.384. The quantitative estimate of drug-likeness (QED) is 0.365. The van der Waals surface area contributed by atoms with E-state index in [1.165, 1.54) is 25.3 Å². The molecule has 1 aliphatic rings. The van der Waals surface area contributed by atoms with Crippen LogP contribution >= 0.6 is 0 Å². The summed E-state index contributed by atoms with van der Waals surface area (Å²) in [5.41, 5.74) is -0.162. The van der Waals surface area contributed by atoms with Gasteiger partial charge in [-0.3, -0.25) is 24.0 Å². The number of nitro benzene ring substituents is 1. The molecule has 0 aliphatic carbocycles. The number of para-hydroxylation sites is 1. The Morgan fingerprint density at radius 1 is 1.26 bits per heavy atom. The molecule has 3 rings (SSSR count). The predicted molar refractivity (Wildman–Crippen MR) is 128 cm³/mol. The number of carbonyl (C=O) groups excluding carboxylic acids is 2. The molecule has 2 amide bonds. The summed E-state index contributed by atoms with van der Waals surface area (Å²) in [6.07, 6.45) is 2.58. The van der Waals surface area contributed by atoms with E-state index < -0.39 is 33.3 Å². The molecule has 0 spiro atoms. The summed E-state index contributed by atoms with van der Waals surface area (Å²) in [6.45, 7) is 0.275. The maximum atomic E-state index is 12.9. The molecule has 2 N–H and O–H groups in total. The molecule has 12 nitrogen and oxygen atoms in total. The van der Waals surface area contributed by atoms with E-state index in [2.05, 4.69) is 10.6 Å². The third kappa shape index (κ3) is 6.67. The van der Waals surface area contributed by atoms with Crippen LogP contribution < -0.4 is 19.7 Å². The maximum Gasteiger partial charge on any atom is 0.271 e. The van der Waals surface area contributed by atoms with Gasteiger partial charge in [-0.25, -0.2) is 8.42 Å². The molecule has 1 fully saturated rings. The largest absolute Gasteiger partial charge is 0.495 e. The van der Waals surface area contributed by atoms with Crippen LogP contribution in [0.3, 0.4) is 0 Å². The van der Waals surface area contributed by atoms with Crippen molar-refractivity contribution in [2.45, 2.75) is 18.9 Å². The van der Waals surface area contributed by atoms with Gasteiger partial charge in [0.15, 0.2) is 0 Å².